The molecule has 2 N–H and O–H groups in total. The van der Waals surface area contributed by atoms with Crippen molar-refractivity contribution in [2.24, 2.45) is 0 Å². The summed E-state index contributed by atoms with van der Waals surface area (Å²) in [5, 5.41) is 12.6. The van der Waals surface area contributed by atoms with Crippen molar-refractivity contribution in [3.8, 4) is 11.5 Å². The lowest BCUT2D eigenvalue weighted by molar-refractivity contribution is -0.119. The predicted molar refractivity (Wildman–Crippen MR) is 77.4 cm³/mol. The number of hydrogen-bond donors (Lipinski definition) is 2. The van der Waals surface area contributed by atoms with Gasteiger partial charge in [0.1, 0.15) is 0 Å². The fourth-order valence-corrected chi connectivity index (χ4v) is 2.52. The number of aromatic hydroxyl groups is 1. The highest BCUT2D eigenvalue weighted by Crippen LogP contribution is 2.27. The lowest BCUT2D eigenvalue weighted by Crippen LogP contribution is -2.46. The first-order chi connectivity index (χ1) is 10.0. The topological polar surface area (TPSA) is 78.9 Å². The number of carbonyl (C=O) groups is 2. The molecule has 0 bridgehead atoms. The first-order valence-corrected chi connectivity index (χ1v) is 6.94. The lowest BCUT2D eigenvalue weighted by Gasteiger charge is -2.32. The highest BCUT2D eigenvalue weighted by molar-refractivity contribution is 5.95. The number of rotatable bonds is 3. The third kappa shape index (κ3) is 3.65. The summed E-state index contributed by atoms with van der Waals surface area (Å²) in [6.07, 6.45) is 1.49. The van der Waals surface area contributed by atoms with Crippen LogP contribution < -0.4 is 10.1 Å². The van der Waals surface area contributed by atoms with Crippen LogP contribution in [-0.4, -0.2) is 48.1 Å². The second-order valence-electron chi connectivity index (χ2n) is 5.15. The summed E-state index contributed by atoms with van der Waals surface area (Å²) in [7, 11) is 1.46. The number of methoxy groups -OCH3 is 1. The largest absolute Gasteiger partial charge is 0.504 e. The smallest absolute Gasteiger partial charge is 0.253 e. The summed E-state index contributed by atoms with van der Waals surface area (Å²) < 4.78 is 4.96. The number of ether oxygens (including phenoxy) is 1. The van der Waals surface area contributed by atoms with Gasteiger partial charge in [-0.2, -0.15) is 0 Å². The number of amides is 2. The molecule has 6 heteroatoms. The maximum atomic E-state index is 12.4. The van der Waals surface area contributed by atoms with Crippen LogP contribution >= 0.6 is 0 Å². The molecule has 1 saturated heterocycles. The van der Waals surface area contributed by atoms with Crippen LogP contribution in [0.15, 0.2) is 18.2 Å². The molecule has 1 aromatic rings. The number of phenols is 1. The molecule has 6 nitrogen and oxygen atoms in total. The van der Waals surface area contributed by atoms with Crippen LogP contribution in [0.2, 0.25) is 0 Å². The Kier molecular flexibility index (Phi) is 4.67. The van der Waals surface area contributed by atoms with Crippen LogP contribution in [-0.2, 0) is 4.79 Å². The molecule has 1 fully saturated rings. The summed E-state index contributed by atoms with van der Waals surface area (Å²) in [5.74, 6) is 0.140. The predicted octanol–water partition coefficient (Wildman–Crippen LogP) is 1.14. The second kappa shape index (κ2) is 6.47. The average Bonchev–Trinajstić information content (AvgIpc) is 2.46. The van der Waals surface area contributed by atoms with Crippen molar-refractivity contribution < 1.29 is 19.4 Å². The Bertz CT molecular complexity index is 536. The van der Waals surface area contributed by atoms with Crippen molar-refractivity contribution in [3.05, 3.63) is 23.8 Å². The normalized spacial score (nSPS) is 15.6. The maximum absolute atomic E-state index is 12.4. The van der Waals surface area contributed by atoms with E-state index in [1.54, 1.807) is 17.0 Å². The standard InChI is InChI=1S/C15H20N2O4/c1-10(18)16-12-5-7-17(8-6-12)15(20)11-3-4-14(21-2)13(19)9-11/h3-4,9,12,19H,5-8H2,1-2H3,(H,16,18). The Morgan fingerprint density at radius 2 is 2.00 bits per heavy atom. The first-order valence-electron chi connectivity index (χ1n) is 6.94. The average molecular weight is 292 g/mol. The van der Waals surface area contributed by atoms with Gasteiger partial charge < -0.3 is 20.1 Å². The number of nitrogens with zero attached hydrogens (tertiary/aromatic N) is 1. The van der Waals surface area contributed by atoms with Crippen LogP contribution in [0.1, 0.15) is 30.1 Å². The van der Waals surface area contributed by atoms with Gasteiger partial charge in [0.25, 0.3) is 5.91 Å². The molecule has 0 saturated carbocycles. The minimum absolute atomic E-state index is 0.0418. The molecule has 1 aromatic carbocycles. The van der Waals surface area contributed by atoms with Gasteiger partial charge in [-0.15, -0.1) is 0 Å². The van der Waals surface area contributed by atoms with Crippen molar-refractivity contribution in [1.29, 1.82) is 0 Å². The summed E-state index contributed by atoms with van der Waals surface area (Å²) in [5.41, 5.74) is 0.436. The number of carbonyl (C=O) groups excluding carboxylic acids is 2. The molecule has 2 amide bonds. The van der Waals surface area contributed by atoms with Crippen LogP contribution in [0.5, 0.6) is 11.5 Å². The Balaban J connectivity index is 1.98. The first kappa shape index (κ1) is 15.2. The minimum Gasteiger partial charge on any atom is -0.504 e. The van der Waals surface area contributed by atoms with Gasteiger partial charge in [-0.3, -0.25) is 9.59 Å². The quantitative estimate of drug-likeness (QED) is 0.875. The van der Waals surface area contributed by atoms with E-state index in [-0.39, 0.29) is 23.6 Å². The van der Waals surface area contributed by atoms with Crippen molar-refractivity contribution in [3.63, 3.8) is 0 Å². The van der Waals surface area contributed by atoms with Crippen molar-refractivity contribution in [2.75, 3.05) is 20.2 Å². The number of piperidine rings is 1. The van der Waals surface area contributed by atoms with Gasteiger partial charge in [-0.1, -0.05) is 0 Å². The summed E-state index contributed by atoms with van der Waals surface area (Å²) in [6, 6.07) is 4.77. The lowest BCUT2D eigenvalue weighted by atomic mass is 10.0. The molecular weight excluding hydrogens is 272 g/mol. The van der Waals surface area contributed by atoms with Crippen molar-refractivity contribution in [2.45, 2.75) is 25.8 Å². The van der Waals surface area contributed by atoms with Gasteiger partial charge in [0.2, 0.25) is 5.91 Å². The molecule has 114 valence electrons. The van der Waals surface area contributed by atoms with Crippen LogP contribution in [0.4, 0.5) is 0 Å². The molecular formula is C15H20N2O4. The fourth-order valence-electron chi connectivity index (χ4n) is 2.52. The number of benzene rings is 1. The number of phenolic OH excluding ortho intramolecular Hbond substituents is 1. The highest BCUT2D eigenvalue weighted by atomic mass is 16.5. The van der Waals surface area contributed by atoms with E-state index in [2.05, 4.69) is 5.32 Å². The fraction of sp³-hybridized carbons (Fsp3) is 0.467. The Hall–Kier alpha value is -2.24. The van der Waals surface area contributed by atoms with E-state index in [1.165, 1.54) is 20.1 Å². The SMILES string of the molecule is COc1ccc(C(=O)N2CCC(NC(C)=O)CC2)cc1O. The molecule has 21 heavy (non-hydrogen) atoms. The Labute approximate surface area is 123 Å². The zero-order valence-corrected chi connectivity index (χ0v) is 12.3. The van der Waals surface area contributed by atoms with Gasteiger partial charge >= 0.3 is 0 Å². The zero-order chi connectivity index (χ0) is 15.4. The molecule has 2 rings (SSSR count). The zero-order valence-electron chi connectivity index (χ0n) is 12.3. The molecule has 1 aliphatic heterocycles. The summed E-state index contributed by atoms with van der Waals surface area (Å²) in [6.45, 7) is 2.69. The van der Waals surface area contributed by atoms with E-state index < -0.39 is 0 Å². The van der Waals surface area contributed by atoms with E-state index in [9.17, 15) is 14.7 Å². The van der Waals surface area contributed by atoms with Crippen LogP contribution in [0.3, 0.4) is 0 Å². The molecule has 0 atom stereocenters. The molecule has 0 aliphatic carbocycles. The molecule has 1 heterocycles. The summed E-state index contributed by atoms with van der Waals surface area (Å²) in [4.78, 5) is 25.1. The minimum atomic E-state index is -0.116. The number of hydrogen-bond acceptors (Lipinski definition) is 4. The number of nitrogens with one attached hydrogen (secondary N) is 1. The second-order valence-corrected chi connectivity index (χ2v) is 5.15. The van der Waals surface area contributed by atoms with Gasteiger partial charge in [-0.05, 0) is 31.0 Å². The third-order valence-electron chi connectivity index (χ3n) is 3.62. The maximum Gasteiger partial charge on any atom is 0.253 e. The highest BCUT2D eigenvalue weighted by Gasteiger charge is 2.24. The van der Waals surface area contributed by atoms with Gasteiger partial charge in [0, 0.05) is 31.6 Å². The third-order valence-corrected chi connectivity index (χ3v) is 3.62. The number of likely N-dealkylation sites (tertiary alicyclic amines) is 1. The van der Waals surface area contributed by atoms with E-state index in [0.717, 1.165) is 12.8 Å². The molecule has 0 unspecified atom stereocenters. The van der Waals surface area contributed by atoms with E-state index in [4.69, 9.17) is 4.74 Å². The molecule has 1 aliphatic rings. The van der Waals surface area contributed by atoms with E-state index >= 15 is 0 Å². The monoisotopic (exact) mass is 292 g/mol. The van der Waals surface area contributed by atoms with Crippen LogP contribution in [0, 0.1) is 0 Å². The van der Waals surface area contributed by atoms with Gasteiger partial charge in [0.05, 0.1) is 7.11 Å². The van der Waals surface area contributed by atoms with Gasteiger partial charge in [0.15, 0.2) is 11.5 Å². The Morgan fingerprint density at radius 3 is 2.52 bits per heavy atom. The summed E-state index contributed by atoms with van der Waals surface area (Å²) >= 11 is 0. The Morgan fingerprint density at radius 1 is 1.33 bits per heavy atom. The van der Waals surface area contributed by atoms with Crippen molar-refractivity contribution >= 4 is 11.8 Å². The van der Waals surface area contributed by atoms with Gasteiger partial charge in [-0.25, -0.2) is 0 Å². The van der Waals surface area contributed by atoms with E-state index in [1.807, 2.05) is 0 Å². The molecule has 0 spiro atoms. The molecule has 0 radical (unpaired) electrons. The molecule has 0 aromatic heterocycles. The van der Waals surface area contributed by atoms with E-state index in [0.29, 0.717) is 24.4 Å². The van der Waals surface area contributed by atoms with Crippen molar-refractivity contribution in [1.82, 2.24) is 10.2 Å². The van der Waals surface area contributed by atoms with Crippen LogP contribution in [0.25, 0.3) is 0 Å².